The van der Waals surface area contributed by atoms with Gasteiger partial charge in [-0.2, -0.15) is 8.42 Å². The second kappa shape index (κ2) is 5.36. The Balaban J connectivity index is 2.01. The second-order valence-corrected chi connectivity index (χ2v) is 5.93. The number of aliphatic hydroxyl groups is 1. The fourth-order valence-corrected chi connectivity index (χ4v) is 2.64. The highest BCUT2D eigenvalue weighted by atomic mass is 32.2. The molecule has 1 aliphatic rings. The maximum absolute atomic E-state index is 11.8. The van der Waals surface area contributed by atoms with Gasteiger partial charge in [-0.1, -0.05) is 17.7 Å². The first kappa shape index (κ1) is 13.5. The van der Waals surface area contributed by atoms with Gasteiger partial charge in [0, 0.05) is 6.61 Å². The number of hydrogen-bond donors (Lipinski definition) is 1. The van der Waals surface area contributed by atoms with E-state index in [9.17, 15) is 13.5 Å². The molecule has 5 nitrogen and oxygen atoms in total. The predicted octanol–water partition coefficient (Wildman–Crippen LogP) is 0.850. The van der Waals surface area contributed by atoms with Crippen LogP contribution in [0.4, 0.5) is 0 Å². The van der Waals surface area contributed by atoms with E-state index in [4.69, 9.17) is 8.92 Å². The van der Waals surface area contributed by atoms with Crippen molar-refractivity contribution in [3.05, 3.63) is 29.8 Å². The summed E-state index contributed by atoms with van der Waals surface area (Å²) >= 11 is 0. The van der Waals surface area contributed by atoms with Gasteiger partial charge in [-0.25, -0.2) is 0 Å². The van der Waals surface area contributed by atoms with Crippen LogP contribution >= 0.6 is 0 Å². The summed E-state index contributed by atoms with van der Waals surface area (Å²) in [5.41, 5.74) is 0.975. The molecule has 18 heavy (non-hydrogen) atoms. The fourth-order valence-electron chi connectivity index (χ4n) is 1.73. The van der Waals surface area contributed by atoms with Crippen molar-refractivity contribution in [3.63, 3.8) is 0 Å². The van der Waals surface area contributed by atoms with Gasteiger partial charge in [0.2, 0.25) is 0 Å². The molecule has 1 aromatic carbocycles. The van der Waals surface area contributed by atoms with Crippen LogP contribution < -0.4 is 0 Å². The minimum Gasteiger partial charge on any atom is -0.390 e. The van der Waals surface area contributed by atoms with E-state index >= 15 is 0 Å². The average Bonchev–Trinajstić information content (AvgIpc) is 2.73. The zero-order chi connectivity index (χ0) is 13.2. The van der Waals surface area contributed by atoms with Crippen molar-refractivity contribution in [2.75, 3.05) is 13.2 Å². The van der Waals surface area contributed by atoms with Crippen LogP contribution in [-0.2, 0) is 19.0 Å². The first-order chi connectivity index (χ1) is 8.49. The topological polar surface area (TPSA) is 72.8 Å². The molecule has 0 radical (unpaired) electrons. The molecule has 6 heteroatoms. The minimum atomic E-state index is -3.78. The van der Waals surface area contributed by atoms with Gasteiger partial charge in [0.1, 0.15) is 6.10 Å². The number of hydrogen-bond acceptors (Lipinski definition) is 5. The van der Waals surface area contributed by atoms with Gasteiger partial charge >= 0.3 is 0 Å². The van der Waals surface area contributed by atoms with Crippen LogP contribution in [0.5, 0.6) is 0 Å². The van der Waals surface area contributed by atoms with E-state index in [1.165, 1.54) is 12.1 Å². The van der Waals surface area contributed by atoms with Crippen molar-refractivity contribution in [2.24, 2.45) is 0 Å². The molecule has 2 atom stereocenters. The van der Waals surface area contributed by atoms with Crippen LogP contribution in [0, 0.1) is 6.92 Å². The van der Waals surface area contributed by atoms with Crippen molar-refractivity contribution in [2.45, 2.75) is 30.4 Å². The summed E-state index contributed by atoms with van der Waals surface area (Å²) in [7, 11) is -3.78. The monoisotopic (exact) mass is 272 g/mol. The Kier molecular flexibility index (Phi) is 4.01. The molecule has 0 aliphatic carbocycles. The maximum Gasteiger partial charge on any atom is 0.297 e. The SMILES string of the molecule is Cc1ccc(S(=O)(=O)OC[C@@H]2OCC[C@H]2O)cc1. The largest absolute Gasteiger partial charge is 0.390 e. The lowest BCUT2D eigenvalue weighted by atomic mass is 10.2. The van der Waals surface area contributed by atoms with Crippen LogP contribution in [0.1, 0.15) is 12.0 Å². The maximum atomic E-state index is 11.8. The van der Waals surface area contributed by atoms with Gasteiger partial charge in [0.25, 0.3) is 10.1 Å². The third-order valence-corrected chi connectivity index (χ3v) is 4.17. The Hall–Kier alpha value is -0.950. The smallest absolute Gasteiger partial charge is 0.297 e. The lowest BCUT2D eigenvalue weighted by Crippen LogP contribution is -2.27. The molecule has 0 bridgehead atoms. The molecule has 1 fully saturated rings. The highest BCUT2D eigenvalue weighted by molar-refractivity contribution is 7.86. The van der Waals surface area contributed by atoms with E-state index in [-0.39, 0.29) is 11.5 Å². The molecule has 1 saturated heterocycles. The lowest BCUT2D eigenvalue weighted by Gasteiger charge is -2.13. The van der Waals surface area contributed by atoms with Gasteiger partial charge in [-0.15, -0.1) is 0 Å². The summed E-state index contributed by atoms with van der Waals surface area (Å²) in [5.74, 6) is 0. The number of ether oxygens (including phenoxy) is 1. The number of rotatable bonds is 4. The zero-order valence-corrected chi connectivity index (χ0v) is 10.9. The van der Waals surface area contributed by atoms with E-state index in [0.717, 1.165) is 5.56 Å². The molecular weight excluding hydrogens is 256 g/mol. The lowest BCUT2D eigenvalue weighted by molar-refractivity contribution is 0.0126. The van der Waals surface area contributed by atoms with Crippen molar-refractivity contribution in [1.29, 1.82) is 0 Å². The van der Waals surface area contributed by atoms with Gasteiger partial charge < -0.3 is 9.84 Å². The first-order valence-electron chi connectivity index (χ1n) is 5.75. The molecule has 1 N–H and O–H groups in total. The summed E-state index contributed by atoms with van der Waals surface area (Å²) in [6, 6.07) is 6.40. The molecule has 0 saturated carbocycles. The standard InChI is InChI=1S/C12H16O5S/c1-9-2-4-10(5-3-9)18(14,15)17-8-12-11(13)6-7-16-12/h2-5,11-13H,6-8H2,1H3/t11-,12+/m1/s1. The molecule has 0 unspecified atom stereocenters. The minimum absolute atomic E-state index is 0.112. The van der Waals surface area contributed by atoms with Gasteiger partial charge in [-0.05, 0) is 25.5 Å². The molecule has 1 aromatic rings. The van der Waals surface area contributed by atoms with Gasteiger partial charge in [0.15, 0.2) is 0 Å². The molecule has 0 spiro atoms. The first-order valence-corrected chi connectivity index (χ1v) is 7.15. The molecular formula is C12H16O5S. The third-order valence-electron chi connectivity index (χ3n) is 2.87. The van der Waals surface area contributed by atoms with E-state index in [1.807, 2.05) is 6.92 Å². The summed E-state index contributed by atoms with van der Waals surface area (Å²) < 4.78 is 33.8. The van der Waals surface area contributed by atoms with Crippen LogP contribution in [0.3, 0.4) is 0 Å². The average molecular weight is 272 g/mol. The normalized spacial score (nSPS) is 24.3. The highest BCUT2D eigenvalue weighted by Gasteiger charge is 2.28. The summed E-state index contributed by atoms with van der Waals surface area (Å²) in [6.45, 7) is 2.15. The van der Waals surface area contributed by atoms with Crippen LogP contribution in [-0.4, -0.2) is 38.9 Å². The quantitative estimate of drug-likeness (QED) is 0.823. The van der Waals surface area contributed by atoms with Crippen LogP contribution in [0.25, 0.3) is 0 Å². The third kappa shape index (κ3) is 3.08. The molecule has 0 aromatic heterocycles. The second-order valence-electron chi connectivity index (χ2n) is 4.32. The molecule has 2 rings (SSSR count). The van der Waals surface area contributed by atoms with Crippen LogP contribution in [0.15, 0.2) is 29.2 Å². The Labute approximate surface area is 106 Å². The number of aliphatic hydroxyl groups excluding tert-OH is 1. The van der Waals surface area contributed by atoms with E-state index < -0.39 is 22.3 Å². The Bertz CT molecular complexity index is 494. The summed E-state index contributed by atoms with van der Waals surface area (Å²) in [6.07, 6.45) is -0.707. The Morgan fingerprint density at radius 2 is 2.06 bits per heavy atom. The predicted molar refractivity (Wildman–Crippen MR) is 64.7 cm³/mol. The van der Waals surface area contributed by atoms with Crippen LogP contribution in [0.2, 0.25) is 0 Å². The van der Waals surface area contributed by atoms with Gasteiger partial charge in [-0.3, -0.25) is 4.18 Å². The van der Waals surface area contributed by atoms with E-state index in [2.05, 4.69) is 0 Å². The Morgan fingerprint density at radius 1 is 1.39 bits per heavy atom. The molecule has 1 aliphatic heterocycles. The Morgan fingerprint density at radius 3 is 2.61 bits per heavy atom. The van der Waals surface area contributed by atoms with E-state index in [0.29, 0.717) is 13.0 Å². The highest BCUT2D eigenvalue weighted by Crippen LogP contribution is 2.17. The van der Waals surface area contributed by atoms with Gasteiger partial charge in [0.05, 0.1) is 17.6 Å². The number of benzene rings is 1. The van der Waals surface area contributed by atoms with Crippen molar-refractivity contribution >= 4 is 10.1 Å². The van der Waals surface area contributed by atoms with Crippen molar-refractivity contribution in [3.8, 4) is 0 Å². The molecule has 0 amide bonds. The molecule has 100 valence electrons. The molecule has 1 heterocycles. The van der Waals surface area contributed by atoms with E-state index in [1.54, 1.807) is 12.1 Å². The number of aryl methyl sites for hydroxylation is 1. The summed E-state index contributed by atoms with van der Waals surface area (Å²) in [5, 5.41) is 9.49. The van der Waals surface area contributed by atoms with Crippen molar-refractivity contribution in [1.82, 2.24) is 0 Å². The zero-order valence-electron chi connectivity index (χ0n) is 10.1. The summed E-state index contributed by atoms with van der Waals surface area (Å²) in [4.78, 5) is 0.112. The fraction of sp³-hybridized carbons (Fsp3) is 0.500. The van der Waals surface area contributed by atoms with Crippen molar-refractivity contribution < 1.29 is 22.4 Å².